The van der Waals surface area contributed by atoms with E-state index in [1.54, 1.807) is 11.9 Å². The van der Waals surface area contributed by atoms with Gasteiger partial charge in [-0.05, 0) is 109 Å². The van der Waals surface area contributed by atoms with E-state index in [4.69, 9.17) is 4.74 Å². The fraction of sp³-hybridized carbons (Fsp3) is 0.767. The molecule has 1 unspecified atom stereocenters. The highest BCUT2D eigenvalue weighted by Gasteiger charge is 2.73. The Morgan fingerprint density at radius 3 is 2.66 bits per heavy atom. The van der Waals surface area contributed by atoms with Crippen molar-refractivity contribution in [3.8, 4) is 5.75 Å². The Morgan fingerprint density at radius 2 is 1.83 bits per heavy atom. The van der Waals surface area contributed by atoms with E-state index in [1.165, 1.54) is 44.9 Å². The van der Waals surface area contributed by atoms with Gasteiger partial charge in [0.25, 0.3) is 0 Å². The zero-order valence-corrected chi connectivity index (χ0v) is 21.8. The predicted octanol–water partition coefficient (Wildman–Crippen LogP) is 6.02. The van der Waals surface area contributed by atoms with Crippen LogP contribution in [-0.4, -0.2) is 27.9 Å². The van der Waals surface area contributed by atoms with Crippen LogP contribution in [0.15, 0.2) is 18.2 Å². The van der Waals surface area contributed by atoms with Gasteiger partial charge in [0, 0.05) is 12.0 Å². The molecular weight excluding hydrogens is 434 g/mol. The molecule has 35 heavy (non-hydrogen) atoms. The predicted molar refractivity (Wildman–Crippen MR) is 136 cm³/mol. The van der Waals surface area contributed by atoms with Gasteiger partial charge in [-0.1, -0.05) is 27.2 Å². The largest absolute Gasteiger partial charge is 0.497 e. The average molecular weight is 476 g/mol. The summed E-state index contributed by atoms with van der Waals surface area (Å²) < 4.78 is 5.34. The summed E-state index contributed by atoms with van der Waals surface area (Å²) in [5, 5.41) is 9.27. The summed E-state index contributed by atoms with van der Waals surface area (Å²) in [6, 6.07) is 5.74. The van der Waals surface area contributed by atoms with Crippen molar-refractivity contribution in [2.45, 2.75) is 72.3 Å². The number of hydrogen-bond acceptors (Lipinski definition) is 4. The van der Waals surface area contributed by atoms with Gasteiger partial charge in [-0.15, -0.1) is 0 Å². The van der Waals surface area contributed by atoms with Crippen molar-refractivity contribution in [3.63, 3.8) is 0 Å². The fourth-order valence-corrected chi connectivity index (χ4v) is 10.5. The van der Waals surface area contributed by atoms with E-state index in [0.29, 0.717) is 24.2 Å². The SMILES string of the molecule is COc1ccc2nn(CC(=O)[C@H]3[C@H]4[C@@H](C)[C@H]4C4[C@@H]5CC[C@@H]6C[C@@H](C)CC[C@@H]6[C@H]5CC[C@@]43C)nc2c1. The normalized spacial score (nSPS) is 45.8. The van der Waals surface area contributed by atoms with Gasteiger partial charge in [-0.2, -0.15) is 15.0 Å². The molecule has 5 saturated carbocycles. The third-order valence-electron chi connectivity index (χ3n) is 11.8. The molecule has 0 radical (unpaired) electrons. The van der Waals surface area contributed by atoms with Crippen molar-refractivity contribution < 1.29 is 9.53 Å². The van der Waals surface area contributed by atoms with E-state index in [0.717, 1.165) is 58.2 Å². The smallest absolute Gasteiger partial charge is 0.160 e. The van der Waals surface area contributed by atoms with E-state index < -0.39 is 0 Å². The third-order valence-corrected chi connectivity index (χ3v) is 11.8. The maximum atomic E-state index is 14.0. The van der Waals surface area contributed by atoms with E-state index in [1.807, 2.05) is 18.2 Å². The molecule has 0 amide bonds. The van der Waals surface area contributed by atoms with Crippen molar-refractivity contribution in [2.75, 3.05) is 7.11 Å². The zero-order chi connectivity index (χ0) is 24.1. The van der Waals surface area contributed by atoms with Crippen LogP contribution in [0.2, 0.25) is 0 Å². The van der Waals surface area contributed by atoms with Crippen LogP contribution in [0.3, 0.4) is 0 Å². The molecule has 1 aromatic heterocycles. The van der Waals surface area contributed by atoms with Gasteiger partial charge in [-0.3, -0.25) is 4.79 Å². The zero-order valence-electron chi connectivity index (χ0n) is 21.8. The Labute approximate surface area is 209 Å². The Kier molecular flexibility index (Phi) is 4.97. The molecule has 0 aliphatic heterocycles. The van der Waals surface area contributed by atoms with Gasteiger partial charge in [0.2, 0.25) is 0 Å². The Hall–Kier alpha value is -1.91. The molecule has 0 saturated heterocycles. The minimum Gasteiger partial charge on any atom is -0.497 e. The number of hydrogen-bond donors (Lipinski definition) is 0. The molecule has 0 bridgehead atoms. The molecule has 188 valence electrons. The molecule has 5 nitrogen and oxygen atoms in total. The van der Waals surface area contributed by atoms with Gasteiger partial charge >= 0.3 is 0 Å². The number of fused-ring (bicyclic) bond motifs is 8. The van der Waals surface area contributed by atoms with Crippen molar-refractivity contribution in [1.82, 2.24) is 15.0 Å². The van der Waals surface area contributed by atoms with Crippen LogP contribution >= 0.6 is 0 Å². The number of methoxy groups -OCH3 is 1. The van der Waals surface area contributed by atoms with Gasteiger partial charge in [0.1, 0.15) is 23.3 Å². The average Bonchev–Trinajstić information content (AvgIpc) is 3.17. The summed E-state index contributed by atoms with van der Waals surface area (Å²) in [4.78, 5) is 15.6. The van der Waals surface area contributed by atoms with Crippen LogP contribution in [0, 0.1) is 64.6 Å². The van der Waals surface area contributed by atoms with Crippen LogP contribution in [0.4, 0.5) is 0 Å². The van der Waals surface area contributed by atoms with Crippen molar-refractivity contribution in [2.24, 2.45) is 64.6 Å². The molecule has 2 aromatic rings. The summed E-state index contributed by atoms with van der Waals surface area (Å²) in [5.74, 6) is 8.81. The number of ether oxygens (including phenoxy) is 1. The lowest BCUT2D eigenvalue weighted by Gasteiger charge is -2.57. The highest BCUT2D eigenvalue weighted by molar-refractivity contribution is 5.83. The number of nitrogens with zero attached hydrogens (tertiary/aromatic N) is 3. The minimum absolute atomic E-state index is 0.171. The number of aromatic nitrogens is 3. The molecule has 11 atom stereocenters. The summed E-state index contributed by atoms with van der Waals surface area (Å²) in [6.07, 6.45) is 9.84. The highest BCUT2D eigenvalue weighted by atomic mass is 16.5. The van der Waals surface area contributed by atoms with E-state index in [2.05, 4.69) is 31.0 Å². The Balaban J connectivity index is 1.14. The number of carbonyl (C=O) groups excluding carboxylic acids is 1. The third kappa shape index (κ3) is 3.21. The van der Waals surface area contributed by atoms with Crippen molar-refractivity contribution in [1.29, 1.82) is 0 Å². The fourth-order valence-electron chi connectivity index (χ4n) is 10.5. The standard InChI is InChI=1S/C30H41N3O2/c1-16-5-8-20-18(13-16)6-9-22-21(20)11-12-30(3)28(22)26-17(2)27(26)29(30)25(34)15-33-31-23-10-7-19(35-4)14-24(23)32-33/h7,10,14,16-18,20-22,26-29H,5-6,8-9,11-13,15H2,1-4H3/t16-,17-,18+,20-,21+,22+,26+,27-,28?,29-,30-/m0/s1. The topological polar surface area (TPSA) is 57.0 Å². The second kappa shape index (κ2) is 7.79. The quantitative estimate of drug-likeness (QED) is 0.543. The van der Waals surface area contributed by atoms with E-state index in [9.17, 15) is 4.79 Å². The Bertz CT molecular complexity index is 1160. The first-order valence-corrected chi connectivity index (χ1v) is 14.3. The molecule has 7 rings (SSSR count). The minimum atomic E-state index is 0.171. The summed E-state index contributed by atoms with van der Waals surface area (Å²) in [7, 11) is 1.66. The summed E-state index contributed by atoms with van der Waals surface area (Å²) in [5.41, 5.74) is 1.79. The number of benzene rings is 1. The molecule has 0 spiro atoms. The molecule has 5 aliphatic carbocycles. The molecule has 1 heterocycles. The monoisotopic (exact) mass is 475 g/mol. The number of ketones is 1. The van der Waals surface area contributed by atoms with Crippen molar-refractivity contribution in [3.05, 3.63) is 18.2 Å². The first-order chi connectivity index (χ1) is 16.9. The van der Waals surface area contributed by atoms with Crippen molar-refractivity contribution >= 4 is 16.8 Å². The summed E-state index contributed by atoms with van der Waals surface area (Å²) in [6.45, 7) is 7.70. The molecule has 5 heteroatoms. The van der Waals surface area contributed by atoms with Crippen LogP contribution in [0.1, 0.15) is 65.7 Å². The molecule has 5 fully saturated rings. The molecule has 5 aliphatic rings. The lowest BCUT2D eigenvalue weighted by atomic mass is 9.47. The van der Waals surface area contributed by atoms with Gasteiger partial charge in [0.15, 0.2) is 5.78 Å². The number of carbonyl (C=O) groups is 1. The van der Waals surface area contributed by atoms with Crippen LogP contribution < -0.4 is 4.74 Å². The van der Waals surface area contributed by atoms with E-state index >= 15 is 0 Å². The Morgan fingerprint density at radius 1 is 1.03 bits per heavy atom. The van der Waals surface area contributed by atoms with Crippen LogP contribution in [0.25, 0.3) is 11.0 Å². The molecule has 0 N–H and O–H groups in total. The van der Waals surface area contributed by atoms with Gasteiger partial charge < -0.3 is 4.74 Å². The van der Waals surface area contributed by atoms with Gasteiger partial charge in [-0.25, -0.2) is 0 Å². The molecular formula is C30H41N3O2. The van der Waals surface area contributed by atoms with E-state index in [-0.39, 0.29) is 11.3 Å². The lowest BCUT2D eigenvalue weighted by molar-refractivity contribution is -0.135. The second-order valence-electron chi connectivity index (χ2n) is 13.4. The first kappa shape index (κ1) is 22.3. The maximum absolute atomic E-state index is 14.0. The number of rotatable bonds is 4. The highest BCUT2D eigenvalue weighted by Crippen LogP contribution is 2.76. The van der Waals surface area contributed by atoms with Gasteiger partial charge in [0.05, 0.1) is 7.11 Å². The lowest BCUT2D eigenvalue weighted by Crippen LogP contribution is -2.51. The van der Waals surface area contributed by atoms with Crippen LogP contribution in [-0.2, 0) is 11.3 Å². The van der Waals surface area contributed by atoms with Crippen LogP contribution in [0.5, 0.6) is 5.75 Å². The molecule has 1 aromatic carbocycles. The maximum Gasteiger partial charge on any atom is 0.160 e. The second-order valence-corrected chi connectivity index (χ2v) is 13.4. The first-order valence-electron chi connectivity index (χ1n) is 14.3. The summed E-state index contributed by atoms with van der Waals surface area (Å²) >= 11 is 0. The number of Topliss-reactive ketones (excluding diaryl/α,β-unsaturated/α-hetero) is 1.